The first-order chi connectivity index (χ1) is 11.1. The molecule has 0 aliphatic carbocycles. The second-order valence-corrected chi connectivity index (χ2v) is 5.66. The lowest BCUT2D eigenvalue weighted by molar-refractivity contribution is 0.106. The molecular weight excluding hydrogens is 300 g/mol. The molecule has 3 rings (SSSR count). The van der Waals surface area contributed by atoms with Crippen molar-refractivity contribution in [2.24, 2.45) is 0 Å². The van der Waals surface area contributed by atoms with E-state index in [1.54, 1.807) is 6.20 Å². The topological polar surface area (TPSA) is 39.6 Å². The molecular formula is C17H19F2N3O. The molecule has 1 aliphatic rings. The van der Waals surface area contributed by atoms with Crippen LogP contribution in [0, 0.1) is 11.6 Å². The van der Waals surface area contributed by atoms with Crippen LogP contribution >= 0.6 is 0 Å². The summed E-state index contributed by atoms with van der Waals surface area (Å²) in [5.41, 5.74) is 0.138. The molecule has 1 aliphatic heterocycles. The predicted molar refractivity (Wildman–Crippen MR) is 84.2 cm³/mol. The fraction of sp³-hybridized carbons (Fsp3) is 0.353. The molecule has 0 spiro atoms. The third-order valence-electron chi connectivity index (χ3n) is 4.10. The number of pyridine rings is 1. The van der Waals surface area contributed by atoms with E-state index in [2.05, 4.69) is 14.8 Å². The molecule has 0 radical (unpaired) electrons. The zero-order chi connectivity index (χ0) is 16.2. The molecule has 2 aromatic rings. The number of halogens is 2. The number of aliphatic hydroxyl groups excluding tert-OH is 1. The van der Waals surface area contributed by atoms with Crippen molar-refractivity contribution in [1.82, 2.24) is 9.88 Å². The normalized spacial score (nSPS) is 17.3. The Bertz CT molecular complexity index is 646. The second-order valence-electron chi connectivity index (χ2n) is 5.66. The minimum atomic E-state index is -0.961. The zero-order valence-electron chi connectivity index (χ0n) is 12.7. The molecule has 2 heterocycles. The van der Waals surface area contributed by atoms with Gasteiger partial charge in [-0.3, -0.25) is 4.90 Å². The number of aliphatic hydroxyl groups is 1. The third kappa shape index (κ3) is 3.83. The minimum Gasteiger partial charge on any atom is -0.387 e. The molecule has 1 fully saturated rings. The van der Waals surface area contributed by atoms with E-state index in [1.165, 1.54) is 12.1 Å². The van der Waals surface area contributed by atoms with Crippen molar-refractivity contribution in [3.63, 3.8) is 0 Å². The van der Waals surface area contributed by atoms with E-state index >= 15 is 0 Å². The van der Waals surface area contributed by atoms with Crippen molar-refractivity contribution in [2.45, 2.75) is 6.10 Å². The van der Waals surface area contributed by atoms with Crippen LogP contribution in [-0.4, -0.2) is 47.7 Å². The molecule has 1 atom stereocenters. The Morgan fingerprint density at radius 3 is 2.52 bits per heavy atom. The van der Waals surface area contributed by atoms with Crippen molar-refractivity contribution in [3.05, 3.63) is 59.8 Å². The van der Waals surface area contributed by atoms with Crippen LogP contribution in [0.4, 0.5) is 14.6 Å². The Labute approximate surface area is 134 Å². The number of rotatable bonds is 4. The van der Waals surface area contributed by atoms with E-state index < -0.39 is 17.7 Å². The number of nitrogens with zero attached hydrogens (tertiary/aromatic N) is 3. The van der Waals surface area contributed by atoms with Crippen molar-refractivity contribution >= 4 is 5.82 Å². The smallest absolute Gasteiger partial charge is 0.131 e. The molecule has 1 aromatic carbocycles. The molecule has 0 amide bonds. The number of piperazine rings is 1. The lowest BCUT2D eigenvalue weighted by Crippen LogP contribution is -2.47. The molecule has 122 valence electrons. The van der Waals surface area contributed by atoms with Crippen LogP contribution in [0.15, 0.2) is 42.6 Å². The van der Waals surface area contributed by atoms with Crippen LogP contribution in [0.1, 0.15) is 11.7 Å². The Hall–Kier alpha value is -2.05. The summed E-state index contributed by atoms with van der Waals surface area (Å²) in [4.78, 5) is 8.59. The van der Waals surface area contributed by atoms with Crippen LogP contribution in [0.3, 0.4) is 0 Å². The average molecular weight is 319 g/mol. The highest BCUT2D eigenvalue weighted by molar-refractivity contribution is 5.38. The molecule has 1 aromatic heterocycles. The van der Waals surface area contributed by atoms with Gasteiger partial charge in [-0.1, -0.05) is 12.1 Å². The summed E-state index contributed by atoms with van der Waals surface area (Å²) in [6.45, 7) is 3.46. The van der Waals surface area contributed by atoms with Gasteiger partial charge in [-0.2, -0.15) is 0 Å². The summed E-state index contributed by atoms with van der Waals surface area (Å²) in [6.07, 6.45) is 0.806. The largest absolute Gasteiger partial charge is 0.387 e. The molecule has 0 bridgehead atoms. The molecule has 4 nitrogen and oxygen atoms in total. The Morgan fingerprint density at radius 2 is 1.87 bits per heavy atom. The fourth-order valence-electron chi connectivity index (χ4n) is 2.82. The Morgan fingerprint density at radius 1 is 1.09 bits per heavy atom. The first kappa shape index (κ1) is 15.8. The summed E-state index contributed by atoms with van der Waals surface area (Å²) in [6, 6.07) is 9.08. The lowest BCUT2D eigenvalue weighted by Gasteiger charge is -2.36. The fourth-order valence-corrected chi connectivity index (χ4v) is 2.82. The monoisotopic (exact) mass is 319 g/mol. The van der Waals surface area contributed by atoms with Gasteiger partial charge in [0.05, 0.1) is 6.10 Å². The van der Waals surface area contributed by atoms with E-state index in [9.17, 15) is 13.9 Å². The number of β-amino-alcohol motifs (C(OH)–C–C–N with tert-alkyl or cyclic N) is 1. The second kappa shape index (κ2) is 7.02. The third-order valence-corrected chi connectivity index (χ3v) is 4.10. The van der Waals surface area contributed by atoms with Gasteiger partial charge in [0.2, 0.25) is 0 Å². The summed E-state index contributed by atoms with van der Waals surface area (Å²) in [5.74, 6) is -0.399. The predicted octanol–water partition coefficient (Wildman–Crippen LogP) is 2.22. The van der Waals surface area contributed by atoms with E-state index in [-0.39, 0.29) is 5.56 Å². The average Bonchev–Trinajstić information content (AvgIpc) is 2.56. The van der Waals surface area contributed by atoms with Gasteiger partial charge in [-0.05, 0) is 18.2 Å². The number of hydrogen-bond acceptors (Lipinski definition) is 4. The van der Waals surface area contributed by atoms with Crippen LogP contribution in [-0.2, 0) is 0 Å². The molecule has 23 heavy (non-hydrogen) atoms. The number of aromatic nitrogens is 1. The summed E-state index contributed by atoms with van der Waals surface area (Å²) in [5, 5.41) is 10.2. The molecule has 6 heteroatoms. The summed E-state index contributed by atoms with van der Waals surface area (Å²) >= 11 is 0. The maximum absolute atomic E-state index is 13.7. The minimum absolute atomic E-state index is 0.138. The van der Waals surface area contributed by atoms with Crippen molar-refractivity contribution in [1.29, 1.82) is 0 Å². The van der Waals surface area contributed by atoms with Crippen LogP contribution in [0.25, 0.3) is 0 Å². The van der Waals surface area contributed by atoms with Crippen LogP contribution in [0.2, 0.25) is 0 Å². The van der Waals surface area contributed by atoms with Crippen LogP contribution < -0.4 is 4.90 Å². The maximum Gasteiger partial charge on any atom is 0.131 e. The number of anilines is 1. The standard InChI is InChI=1S/C17H19F2N3O/c18-13-4-5-14(15(19)11-13)16(23)12-21-7-9-22(10-8-21)17-3-1-2-6-20-17/h1-6,11,16,23H,7-10,12H2/t16-/m0/s1. The quantitative estimate of drug-likeness (QED) is 0.938. The first-order valence-corrected chi connectivity index (χ1v) is 7.65. The van der Waals surface area contributed by atoms with Crippen molar-refractivity contribution < 1.29 is 13.9 Å². The van der Waals surface area contributed by atoms with Gasteiger partial charge in [-0.25, -0.2) is 13.8 Å². The highest BCUT2D eigenvalue weighted by Gasteiger charge is 2.22. The Kier molecular flexibility index (Phi) is 4.83. The zero-order valence-corrected chi connectivity index (χ0v) is 12.7. The highest BCUT2D eigenvalue weighted by Crippen LogP contribution is 2.20. The molecule has 0 unspecified atom stereocenters. The highest BCUT2D eigenvalue weighted by atomic mass is 19.1. The van der Waals surface area contributed by atoms with Gasteiger partial charge in [0.1, 0.15) is 17.5 Å². The number of benzene rings is 1. The van der Waals surface area contributed by atoms with Gasteiger partial charge >= 0.3 is 0 Å². The van der Waals surface area contributed by atoms with Gasteiger partial charge in [-0.15, -0.1) is 0 Å². The van der Waals surface area contributed by atoms with Gasteiger partial charge < -0.3 is 10.0 Å². The number of hydrogen-bond donors (Lipinski definition) is 1. The van der Waals surface area contributed by atoms with Gasteiger partial charge in [0.15, 0.2) is 0 Å². The van der Waals surface area contributed by atoms with Crippen LogP contribution in [0.5, 0.6) is 0 Å². The van der Waals surface area contributed by atoms with Crippen molar-refractivity contribution in [3.8, 4) is 0 Å². The van der Waals surface area contributed by atoms with Gasteiger partial charge in [0, 0.05) is 50.6 Å². The molecule has 0 saturated carbocycles. The van der Waals surface area contributed by atoms with E-state index in [1.807, 2.05) is 18.2 Å². The summed E-state index contributed by atoms with van der Waals surface area (Å²) in [7, 11) is 0. The Balaban J connectivity index is 1.56. The summed E-state index contributed by atoms with van der Waals surface area (Å²) < 4.78 is 26.6. The van der Waals surface area contributed by atoms with E-state index in [4.69, 9.17) is 0 Å². The maximum atomic E-state index is 13.7. The molecule has 1 saturated heterocycles. The first-order valence-electron chi connectivity index (χ1n) is 7.65. The van der Waals surface area contributed by atoms with Gasteiger partial charge in [0.25, 0.3) is 0 Å². The van der Waals surface area contributed by atoms with E-state index in [0.717, 1.165) is 38.1 Å². The van der Waals surface area contributed by atoms with Crippen molar-refractivity contribution in [2.75, 3.05) is 37.6 Å². The lowest BCUT2D eigenvalue weighted by atomic mass is 10.1. The SMILES string of the molecule is O[C@@H](CN1CCN(c2ccccn2)CC1)c1ccc(F)cc1F. The molecule has 1 N–H and O–H groups in total. The van der Waals surface area contributed by atoms with E-state index in [0.29, 0.717) is 6.54 Å².